The molecule has 0 unspecified atom stereocenters. The lowest BCUT2D eigenvalue weighted by molar-refractivity contribution is -0.147. The maximum absolute atomic E-state index is 13.6. The molecule has 0 heterocycles. The van der Waals surface area contributed by atoms with Crippen molar-refractivity contribution in [2.24, 2.45) is 11.3 Å². The number of carbonyl (C=O) groups is 3. The van der Waals surface area contributed by atoms with Gasteiger partial charge in [0.15, 0.2) is 0 Å². The quantitative estimate of drug-likeness (QED) is 0.163. The molecule has 3 aromatic carbocycles. The number of hydroxylamine groups is 1. The third kappa shape index (κ3) is 7.89. The van der Waals surface area contributed by atoms with E-state index in [4.69, 9.17) is 0 Å². The summed E-state index contributed by atoms with van der Waals surface area (Å²) in [7, 11) is 0. The number of aliphatic hydroxyl groups excluding tert-OH is 1. The van der Waals surface area contributed by atoms with Crippen LogP contribution in [-0.2, 0) is 27.2 Å². The Morgan fingerprint density at radius 2 is 1.63 bits per heavy atom. The zero-order valence-electron chi connectivity index (χ0n) is 25.4. The molecule has 0 radical (unpaired) electrons. The molecule has 0 spiro atoms. The Morgan fingerprint density at radius 1 is 0.930 bits per heavy atom. The monoisotopic (exact) mass is 585 g/mol. The first-order valence-corrected chi connectivity index (χ1v) is 14.9. The van der Waals surface area contributed by atoms with E-state index in [1.807, 2.05) is 63.2 Å². The molecule has 8 nitrogen and oxygen atoms in total. The fourth-order valence-corrected chi connectivity index (χ4v) is 5.92. The Morgan fingerprint density at radius 3 is 2.30 bits per heavy atom. The van der Waals surface area contributed by atoms with Gasteiger partial charge in [-0.3, -0.25) is 19.6 Å². The van der Waals surface area contributed by atoms with E-state index in [9.17, 15) is 24.7 Å². The molecule has 0 saturated heterocycles. The van der Waals surface area contributed by atoms with E-state index in [1.54, 1.807) is 0 Å². The van der Waals surface area contributed by atoms with Gasteiger partial charge in [0.1, 0.15) is 12.1 Å². The Balaban J connectivity index is 1.44. The Labute approximate surface area is 253 Å². The second-order valence-corrected chi connectivity index (χ2v) is 12.5. The lowest BCUT2D eigenvalue weighted by Gasteiger charge is -2.33. The van der Waals surface area contributed by atoms with Gasteiger partial charge in [0.2, 0.25) is 11.8 Å². The molecule has 4 atom stereocenters. The Bertz CT molecular complexity index is 1430. The lowest BCUT2D eigenvalue weighted by Crippen LogP contribution is -2.57. The molecule has 8 heteroatoms. The Kier molecular flexibility index (Phi) is 10.4. The van der Waals surface area contributed by atoms with Gasteiger partial charge in [-0.1, -0.05) is 93.6 Å². The van der Waals surface area contributed by atoms with E-state index < -0.39 is 35.3 Å². The molecule has 4 rings (SSSR count). The minimum atomic E-state index is -1.78. The number of fused-ring (bicyclic) bond motifs is 1. The van der Waals surface area contributed by atoms with Crippen molar-refractivity contribution in [3.63, 3.8) is 0 Å². The third-order valence-electron chi connectivity index (χ3n) is 8.32. The fourth-order valence-electron chi connectivity index (χ4n) is 5.92. The van der Waals surface area contributed by atoms with Crippen LogP contribution in [-0.4, -0.2) is 40.2 Å². The number of aliphatic hydroxyl groups is 1. The lowest BCUT2D eigenvalue weighted by atomic mass is 9.84. The highest BCUT2D eigenvalue weighted by molar-refractivity contribution is 5.92. The molecular formula is C35H43N3O5. The van der Waals surface area contributed by atoms with Crippen LogP contribution in [0.1, 0.15) is 68.3 Å². The van der Waals surface area contributed by atoms with Gasteiger partial charge >= 0.3 is 0 Å². The maximum atomic E-state index is 13.6. The number of nitrogens with one attached hydrogen (secondary N) is 3. The minimum Gasteiger partial charge on any atom is -0.382 e. The first-order chi connectivity index (χ1) is 20.5. The zero-order chi connectivity index (χ0) is 31.1. The van der Waals surface area contributed by atoms with Crippen molar-refractivity contribution in [2.75, 3.05) is 0 Å². The molecular weight excluding hydrogens is 542 g/mol. The largest absolute Gasteiger partial charge is 0.382 e. The van der Waals surface area contributed by atoms with Crippen molar-refractivity contribution in [1.82, 2.24) is 16.1 Å². The summed E-state index contributed by atoms with van der Waals surface area (Å²) in [4.78, 5) is 39.3. The van der Waals surface area contributed by atoms with Gasteiger partial charge < -0.3 is 15.7 Å². The first kappa shape index (κ1) is 31.9. The third-order valence-corrected chi connectivity index (χ3v) is 8.32. The van der Waals surface area contributed by atoms with Crippen molar-refractivity contribution in [1.29, 1.82) is 0 Å². The molecule has 3 amide bonds. The van der Waals surface area contributed by atoms with E-state index in [-0.39, 0.29) is 18.4 Å². The number of benzene rings is 3. The van der Waals surface area contributed by atoms with Crippen molar-refractivity contribution >= 4 is 17.7 Å². The second kappa shape index (κ2) is 14.0. The predicted molar refractivity (Wildman–Crippen MR) is 166 cm³/mol. The molecule has 0 aliphatic heterocycles. The summed E-state index contributed by atoms with van der Waals surface area (Å²) in [6, 6.07) is 23.3. The topological polar surface area (TPSA) is 128 Å². The summed E-state index contributed by atoms with van der Waals surface area (Å²) in [5.41, 5.74) is 7.56. The molecule has 1 aliphatic rings. The molecule has 0 bridgehead atoms. The van der Waals surface area contributed by atoms with Gasteiger partial charge in [-0.2, -0.15) is 0 Å². The fraction of sp³-hybridized carbons (Fsp3) is 0.400. The van der Waals surface area contributed by atoms with Crippen LogP contribution in [0.2, 0.25) is 0 Å². The average molecular weight is 586 g/mol. The predicted octanol–water partition coefficient (Wildman–Crippen LogP) is 4.80. The molecule has 0 aromatic heterocycles. The van der Waals surface area contributed by atoms with Gasteiger partial charge in [-0.15, -0.1) is 0 Å². The number of carbonyl (C=O) groups excluding carboxylic acids is 3. The molecule has 1 aliphatic carbocycles. The van der Waals surface area contributed by atoms with Crippen LogP contribution in [0.5, 0.6) is 0 Å². The highest BCUT2D eigenvalue weighted by Gasteiger charge is 2.39. The number of amides is 3. The summed E-state index contributed by atoms with van der Waals surface area (Å²) < 4.78 is 0. The van der Waals surface area contributed by atoms with Crippen LogP contribution in [0, 0.1) is 18.3 Å². The second-order valence-electron chi connectivity index (χ2n) is 12.5. The van der Waals surface area contributed by atoms with Crippen molar-refractivity contribution in [3.05, 3.63) is 95.1 Å². The molecule has 3 aromatic rings. The normalized spacial score (nSPS) is 16.5. The molecule has 0 fully saturated rings. The highest BCUT2D eigenvalue weighted by atomic mass is 16.5. The van der Waals surface area contributed by atoms with E-state index in [0.717, 1.165) is 40.7 Å². The number of rotatable bonds is 11. The standard InChI is InChI=1S/C35H43N3O5/c1-22-21-23(17-19-26(22)24-12-6-5-7-13-24)11-10-16-28(30(39)33(41)38-43)32(40)37-31(35(2,3)4)34(42)36-29-20-18-25-14-8-9-15-27(25)29/h5-9,12-15,17,19,21,28-31,39,43H,10-11,16,18,20H2,1-4H3,(H,36,42)(H,37,40)(H,38,41)/t28-,29-,30+,31-/m1/s1. The number of aryl methyl sites for hydroxylation is 3. The van der Waals surface area contributed by atoms with Crippen molar-refractivity contribution in [3.8, 4) is 11.1 Å². The van der Waals surface area contributed by atoms with E-state index >= 15 is 0 Å². The SMILES string of the molecule is Cc1cc(CCC[C@@H](C(=O)N[C@H](C(=O)N[C@@H]2CCc3ccccc32)C(C)(C)C)[C@H](O)C(=O)NO)ccc1-c1ccccc1. The molecule has 43 heavy (non-hydrogen) atoms. The maximum Gasteiger partial charge on any atom is 0.272 e. The summed E-state index contributed by atoms with van der Waals surface area (Å²) in [5.74, 6) is -3.17. The van der Waals surface area contributed by atoms with Crippen LogP contribution in [0.4, 0.5) is 0 Å². The van der Waals surface area contributed by atoms with Crippen LogP contribution >= 0.6 is 0 Å². The van der Waals surface area contributed by atoms with E-state index in [1.165, 1.54) is 11.0 Å². The van der Waals surface area contributed by atoms with Gasteiger partial charge in [-0.05, 0) is 77.8 Å². The summed E-state index contributed by atoms with van der Waals surface area (Å²) in [6.45, 7) is 7.62. The molecule has 5 N–H and O–H groups in total. The van der Waals surface area contributed by atoms with Gasteiger partial charge in [0.25, 0.3) is 5.91 Å². The summed E-state index contributed by atoms with van der Waals surface area (Å²) in [6.07, 6.45) is 1.17. The van der Waals surface area contributed by atoms with Gasteiger partial charge in [0.05, 0.1) is 12.0 Å². The summed E-state index contributed by atoms with van der Waals surface area (Å²) >= 11 is 0. The zero-order valence-corrected chi connectivity index (χ0v) is 25.4. The highest BCUT2D eigenvalue weighted by Crippen LogP contribution is 2.32. The van der Waals surface area contributed by atoms with E-state index in [0.29, 0.717) is 12.8 Å². The molecule has 228 valence electrons. The summed E-state index contributed by atoms with van der Waals surface area (Å²) in [5, 5.41) is 25.8. The van der Waals surface area contributed by atoms with E-state index in [2.05, 4.69) is 47.9 Å². The van der Waals surface area contributed by atoms with Crippen LogP contribution in [0.15, 0.2) is 72.8 Å². The Hall–Kier alpha value is -4.01. The van der Waals surface area contributed by atoms with Crippen molar-refractivity contribution in [2.45, 2.75) is 78.0 Å². The number of hydrogen-bond acceptors (Lipinski definition) is 5. The smallest absolute Gasteiger partial charge is 0.272 e. The van der Waals surface area contributed by atoms with Crippen LogP contribution < -0.4 is 16.1 Å². The molecule has 0 saturated carbocycles. The van der Waals surface area contributed by atoms with Crippen LogP contribution in [0.3, 0.4) is 0 Å². The average Bonchev–Trinajstić information content (AvgIpc) is 3.39. The van der Waals surface area contributed by atoms with Crippen molar-refractivity contribution < 1.29 is 24.7 Å². The van der Waals surface area contributed by atoms with Gasteiger partial charge in [0, 0.05) is 0 Å². The van der Waals surface area contributed by atoms with Gasteiger partial charge in [-0.25, -0.2) is 5.48 Å². The van der Waals surface area contributed by atoms with Crippen LogP contribution in [0.25, 0.3) is 11.1 Å². The first-order valence-electron chi connectivity index (χ1n) is 14.9. The number of hydrogen-bond donors (Lipinski definition) is 5. The minimum absolute atomic E-state index is 0.149.